The number of fused-ring (bicyclic) bond motifs is 1. The highest BCUT2D eigenvalue weighted by atomic mass is 16.5. The number of nitrogens with zero attached hydrogens (tertiary/aromatic N) is 2. The highest BCUT2D eigenvalue weighted by molar-refractivity contribution is 5.96. The van der Waals surface area contributed by atoms with E-state index in [9.17, 15) is 9.59 Å². The Balaban J connectivity index is 1.55. The molecule has 0 fully saturated rings. The van der Waals surface area contributed by atoms with Crippen molar-refractivity contribution in [2.75, 3.05) is 7.11 Å². The Labute approximate surface area is 139 Å². The summed E-state index contributed by atoms with van der Waals surface area (Å²) in [6, 6.07) is 10.9. The molecular weight excluding hydrogens is 304 g/mol. The van der Waals surface area contributed by atoms with Crippen LogP contribution in [-0.4, -0.2) is 28.2 Å². The fourth-order valence-corrected chi connectivity index (χ4v) is 2.61. The van der Waals surface area contributed by atoms with E-state index in [0.29, 0.717) is 17.5 Å². The number of rotatable bonds is 6. The average molecular weight is 322 g/mol. The lowest BCUT2D eigenvalue weighted by Gasteiger charge is -2.04. The third-order valence-corrected chi connectivity index (χ3v) is 3.96. The molecule has 122 valence electrons. The molecule has 0 amide bonds. The predicted octanol–water partition coefficient (Wildman–Crippen LogP) is 3.33. The predicted molar refractivity (Wildman–Crippen MR) is 90.2 cm³/mol. The van der Waals surface area contributed by atoms with Crippen LogP contribution in [0.3, 0.4) is 0 Å². The summed E-state index contributed by atoms with van der Waals surface area (Å²) < 4.78 is 6.52. The van der Waals surface area contributed by atoms with Gasteiger partial charge in [0.15, 0.2) is 5.78 Å². The van der Waals surface area contributed by atoms with E-state index in [1.54, 1.807) is 18.3 Å². The van der Waals surface area contributed by atoms with Crippen LogP contribution >= 0.6 is 0 Å². The fraction of sp³-hybridized carbons (Fsp3) is 0.211. The molecule has 2 heterocycles. The molecular formula is C19H18N2O3. The number of hydrogen-bond acceptors (Lipinski definition) is 4. The number of pyridine rings is 1. The number of Topliss-reactive ketones (excluding diaryl/α,β-unsaturated/α-hetero) is 1. The number of imidazole rings is 1. The number of aromatic nitrogens is 2. The van der Waals surface area contributed by atoms with Crippen molar-refractivity contribution in [1.29, 1.82) is 0 Å². The molecule has 0 aliphatic heterocycles. The SMILES string of the molecule is COC(=O)c1ccc(CCCC(=O)c2ccc3nccn3c2)cc1. The number of ketones is 1. The normalized spacial score (nSPS) is 10.7. The Kier molecular flexibility index (Phi) is 4.70. The van der Waals surface area contributed by atoms with Gasteiger partial charge in [0.25, 0.3) is 0 Å². The van der Waals surface area contributed by atoms with Gasteiger partial charge in [0.1, 0.15) is 5.65 Å². The number of methoxy groups -OCH3 is 1. The van der Waals surface area contributed by atoms with Crippen LogP contribution in [0.25, 0.3) is 5.65 Å². The Morgan fingerprint density at radius 2 is 1.83 bits per heavy atom. The van der Waals surface area contributed by atoms with E-state index in [0.717, 1.165) is 24.1 Å². The summed E-state index contributed by atoms with van der Waals surface area (Å²) in [5.74, 6) is -0.219. The maximum atomic E-state index is 12.3. The van der Waals surface area contributed by atoms with E-state index in [2.05, 4.69) is 9.72 Å². The molecule has 2 aromatic heterocycles. The molecule has 3 aromatic rings. The minimum Gasteiger partial charge on any atom is -0.465 e. The van der Waals surface area contributed by atoms with Crippen molar-refractivity contribution < 1.29 is 14.3 Å². The minimum absolute atomic E-state index is 0.122. The van der Waals surface area contributed by atoms with Gasteiger partial charge in [0.2, 0.25) is 0 Å². The van der Waals surface area contributed by atoms with Gasteiger partial charge in [-0.2, -0.15) is 0 Å². The van der Waals surface area contributed by atoms with Crippen molar-refractivity contribution in [1.82, 2.24) is 9.38 Å². The van der Waals surface area contributed by atoms with Gasteiger partial charge < -0.3 is 9.14 Å². The van der Waals surface area contributed by atoms with Crippen LogP contribution in [0.1, 0.15) is 39.1 Å². The summed E-state index contributed by atoms with van der Waals surface area (Å²) in [5.41, 5.74) is 3.16. The van der Waals surface area contributed by atoms with Crippen molar-refractivity contribution >= 4 is 17.4 Å². The largest absolute Gasteiger partial charge is 0.465 e. The zero-order valence-electron chi connectivity index (χ0n) is 13.4. The number of hydrogen-bond donors (Lipinski definition) is 0. The second-order valence-corrected chi connectivity index (χ2v) is 5.58. The first kappa shape index (κ1) is 15.9. The van der Waals surface area contributed by atoms with Crippen LogP contribution in [0.4, 0.5) is 0 Å². The second-order valence-electron chi connectivity index (χ2n) is 5.58. The molecule has 5 nitrogen and oxygen atoms in total. The Morgan fingerprint density at radius 3 is 2.58 bits per heavy atom. The van der Waals surface area contributed by atoms with Gasteiger partial charge >= 0.3 is 5.97 Å². The Hall–Kier alpha value is -2.95. The van der Waals surface area contributed by atoms with E-state index < -0.39 is 0 Å². The third kappa shape index (κ3) is 3.51. The number of carbonyl (C=O) groups is 2. The van der Waals surface area contributed by atoms with Gasteiger partial charge in [-0.05, 0) is 42.7 Å². The monoisotopic (exact) mass is 322 g/mol. The van der Waals surface area contributed by atoms with Gasteiger partial charge in [0, 0.05) is 30.6 Å². The third-order valence-electron chi connectivity index (χ3n) is 3.96. The highest BCUT2D eigenvalue weighted by Crippen LogP contribution is 2.12. The summed E-state index contributed by atoms with van der Waals surface area (Å²) in [7, 11) is 1.36. The van der Waals surface area contributed by atoms with E-state index in [1.807, 2.05) is 41.1 Å². The van der Waals surface area contributed by atoms with E-state index in [1.165, 1.54) is 7.11 Å². The lowest BCUT2D eigenvalue weighted by atomic mass is 10.0. The van der Waals surface area contributed by atoms with E-state index in [-0.39, 0.29) is 11.8 Å². The Bertz CT molecular complexity index is 866. The van der Waals surface area contributed by atoms with Gasteiger partial charge in [-0.3, -0.25) is 4.79 Å². The molecule has 0 spiro atoms. The first-order valence-electron chi connectivity index (χ1n) is 7.80. The fourth-order valence-electron chi connectivity index (χ4n) is 2.61. The molecule has 0 unspecified atom stereocenters. The molecule has 0 radical (unpaired) electrons. The van der Waals surface area contributed by atoms with Crippen LogP contribution in [0.5, 0.6) is 0 Å². The van der Waals surface area contributed by atoms with E-state index >= 15 is 0 Å². The average Bonchev–Trinajstić information content (AvgIpc) is 3.09. The molecule has 0 saturated carbocycles. The molecule has 0 aliphatic rings. The van der Waals surface area contributed by atoms with Gasteiger partial charge in [0.05, 0.1) is 12.7 Å². The van der Waals surface area contributed by atoms with Gasteiger partial charge in [-0.15, -0.1) is 0 Å². The standard InChI is InChI=1S/C19H18N2O3/c1-24-19(23)15-7-5-14(6-8-15)3-2-4-17(22)16-9-10-18-20-11-12-21(18)13-16/h5-13H,2-4H2,1H3. The molecule has 0 N–H and O–H groups in total. The zero-order chi connectivity index (χ0) is 16.9. The van der Waals surface area contributed by atoms with Crippen LogP contribution in [0, 0.1) is 0 Å². The highest BCUT2D eigenvalue weighted by Gasteiger charge is 2.08. The Morgan fingerprint density at radius 1 is 1.08 bits per heavy atom. The number of carbonyl (C=O) groups excluding carboxylic acids is 2. The van der Waals surface area contributed by atoms with Crippen molar-refractivity contribution in [2.24, 2.45) is 0 Å². The van der Waals surface area contributed by atoms with Crippen LogP contribution < -0.4 is 0 Å². The number of esters is 1. The number of aryl methyl sites for hydroxylation is 1. The molecule has 3 rings (SSSR count). The lowest BCUT2D eigenvalue weighted by Crippen LogP contribution is -2.02. The number of ether oxygens (including phenoxy) is 1. The lowest BCUT2D eigenvalue weighted by molar-refractivity contribution is 0.0600. The quantitative estimate of drug-likeness (QED) is 0.516. The summed E-state index contributed by atoms with van der Waals surface area (Å²) in [6.07, 6.45) is 7.39. The van der Waals surface area contributed by atoms with Gasteiger partial charge in [-0.1, -0.05) is 12.1 Å². The van der Waals surface area contributed by atoms with E-state index in [4.69, 9.17) is 0 Å². The first-order valence-corrected chi connectivity index (χ1v) is 7.80. The van der Waals surface area contributed by atoms with Crippen molar-refractivity contribution in [3.8, 4) is 0 Å². The van der Waals surface area contributed by atoms with Crippen molar-refractivity contribution in [2.45, 2.75) is 19.3 Å². The molecule has 24 heavy (non-hydrogen) atoms. The van der Waals surface area contributed by atoms with Crippen LogP contribution in [0.15, 0.2) is 55.0 Å². The molecule has 5 heteroatoms. The maximum absolute atomic E-state index is 12.3. The molecule has 0 saturated heterocycles. The van der Waals surface area contributed by atoms with Gasteiger partial charge in [-0.25, -0.2) is 9.78 Å². The molecule has 0 aliphatic carbocycles. The summed E-state index contributed by atoms with van der Waals surface area (Å²) >= 11 is 0. The smallest absolute Gasteiger partial charge is 0.337 e. The number of benzene rings is 1. The summed E-state index contributed by atoms with van der Waals surface area (Å²) in [5, 5.41) is 0. The zero-order valence-corrected chi connectivity index (χ0v) is 13.4. The molecule has 0 bridgehead atoms. The maximum Gasteiger partial charge on any atom is 0.337 e. The van der Waals surface area contributed by atoms with Crippen LogP contribution in [-0.2, 0) is 11.2 Å². The molecule has 0 atom stereocenters. The topological polar surface area (TPSA) is 60.7 Å². The van der Waals surface area contributed by atoms with Crippen LogP contribution in [0.2, 0.25) is 0 Å². The summed E-state index contributed by atoms with van der Waals surface area (Å²) in [6.45, 7) is 0. The summed E-state index contributed by atoms with van der Waals surface area (Å²) in [4.78, 5) is 27.8. The van der Waals surface area contributed by atoms with Crippen molar-refractivity contribution in [3.63, 3.8) is 0 Å². The second kappa shape index (κ2) is 7.08. The molecule has 1 aromatic carbocycles. The minimum atomic E-state index is -0.341. The first-order chi connectivity index (χ1) is 11.7. The van der Waals surface area contributed by atoms with Crippen molar-refractivity contribution in [3.05, 3.63) is 71.7 Å².